The Morgan fingerprint density at radius 3 is 1.73 bits per heavy atom. The van der Waals surface area contributed by atoms with Gasteiger partial charge in [-0.25, -0.2) is 16.8 Å². The number of Topliss-reactive ketones (excluding diaryl/α,β-unsaturated/α-hetero) is 1. The number of rotatable bonds is 5. The lowest BCUT2D eigenvalue weighted by molar-refractivity contribution is 0.101. The van der Waals surface area contributed by atoms with Gasteiger partial charge in [-0.05, 0) is 12.1 Å². The Labute approximate surface area is 129 Å². The number of carbonyl (C=O) groups is 1. The maximum atomic E-state index is 12.6. The number of hydrogen-bond donors (Lipinski definition) is 0. The lowest BCUT2D eigenvalue weighted by Crippen LogP contribution is -2.37. The van der Waals surface area contributed by atoms with E-state index in [4.69, 9.17) is 0 Å². The van der Waals surface area contributed by atoms with Crippen molar-refractivity contribution in [3.05, 3.63) is 66.2 Å². The molecular weight excluding hydrogens is 324 g/mol. The topological polar surface area (TPSA) is 85.3 Å². The minimum atomic E-state index is -4.34. The lowest BCUT2D eigenvalue weighted by atomic mass is 10.1. The summed E-state index contributed by atoms with van der Waals surface area (Å²) in [5, 5.41) is 0. The molecule has 2 rings (SSSR count). The first-order valence-electron chi connectivity index (χ1n) is 6.31. The quantitative estimate of drug-likeness (QED) is 0.775. The van der Waals surface area contributed by atoms with Crippen molar-refractivity contribution in [3.63, 3.8) is 0 Å². The number of hydrogen-bond acceptors (Lipinski definition) is 5. The van der Waals surface area contributed by atoms with Crippen molar-refractivity contribution in [2.24, 2.45) is 0 Å². The van der Waals surface area contributed by atoms with Crippen molar-refractivity contribution in [2.75, 3.05) is 6.26 Å². The first kappa shape index (κ1) is 16.4. The van der Waals surface area contributed by atoms with Gasteiger partial charge in [-0.2, -0.15) is 0 Å². The van der Waals surface area contributed by atoms with Gasteiger partial charge in [0.05, 0.1) is 4.90 Å². The maximum Gasteiger partial charge on any atom is 0.229 e. The van der Waals surface area contributed by atoms with Crippen molar-refractivity contribution >= 4 is 25.5 Å². The van der Waals surface area contributed by atoms with E-state index in [0.29, 0.717) is 0 Å². The maximum absolute atomic E-state index is 12.6. The van der Waals surface area contributed by atoms with E-state index in [1.165, 1.54) is 36.4 Å². The van der Waals surface area contributed by atoms with Crippen LogP contribution in [-0.4, -0.2) is 33.5 Å². The van der Waals surface area contributed by atoms with E-state index in [2.05, 4.69) is 0 Å². The summed E-state index contributed by atoms with van der Waals surface area (Å²) < 4.78 is 47.0. The highest BCUT2D eigenvalue weighted by atomic mass is 32.3. The Morgan fingerprint density at radius 2 is 1.27 bits per heavy atom. The van der Waals surface area contributed by atoms with Gasteiger partial charge in [0.1, 0.15) is 0 Å². The number of sulfone groups is 2. The Balaban J connectivity index is 2.61. The summed E-state index contributed by atoms with van der Waals surface area (Å²) in [6, 6.07) is 14.6. The van der Waals surface area contributed by atoms with E-state index in [-0.39, 0.29) is 10.5 Å². The molecular formula is C15H14O5S2. The van der Waals surface area contributed by atoms with Crippen molar-refractivity contribution in [2.45, 2.75) is 9.48 Å². The average Bonchev–Trinajstić information content (AvgIpc) is 2.47. The molecule has 0 aliphatic heterocycles. The molecule has 0 amide bonds. The Morgan fingerprint density at radius 1 is 0.818 bits per heavy atom. The smallest absolute Gasteiger partial charge is 0.229 e. The van der Waals surface area contributed by atoms with Crippen LogP contribution in [0.1, 0.15) is 10.4 Å². The molecule has 5 nitrogen and oxygen atoms in total. The van der Waals surface area contributed by atoms with Gasteiger partial charge in [0.2, 0.25) is 14.4 Å². The van der Waals surface area contributed by atoms with Crippen LogP contribution in [0.15, 0.2) is 65.6 Å². The molecule has 0 aliphatic carbocycles. The van der Waals surface area contributed by atoms with E-state index < -0.39 is 30.0 Å². The van der Waals surface area contributed by atoms with Gasteiger partial charge in [-0.1, -0.05) is 48.5 Å². The minimum absolute atomic E-state index is 0.0393. The molecule has 116 valence electrons. The first-order chi connectivity index (χ1) is 10.2. The summed E-state index contributed by atoms with van der Waals surface area (Å²) in [7, 11) is -8.50. The summed E-state index contributed by atoms with van der Waals surface area (Å²) in [6.45, 7) is 0. The van der Waals surface area contributed by atoms with E-state index in [1.807, 2.05) is 0 Å². The van der Waals surface area contributed by atoms with E-state index in [1.54, 1.807) is 24.3 Å². The zero-order valence-corrected chi connectivity index (χ0v) is 13.3. The fourth-order valence-corrected chi connectivity index (χ4v) is 5.94. The summed E-state index contributed by atoms with van der Waals surface area (Å²) in [5.41, 5.74) is 0.0393. The third kappa shape index (κ3) is 3.26. The van der Waals surface area contributed by atoms with Crippen LogP contribution in [0.5, 0.6) is 0 Å². The van der Waals surface area contributed by atoms with Crippen LogP contribution in [-0.2, 0) is 19.7 Å². The minimum Gasteiger partial charge on any atom is -0.292 e. The number of carbonyl (C=O) groups excluding carboxylic acids is 1. The summed E-state index contributed by atoms with van der Waals surface area (Å²) in [4.78, 5) is 12.3. The SMILES string of the molecule is CS(=O)(=O)C(C(=O)c1ccccc1)S(=O)(=O)c1ccccc1. The monoisotopic (exact) mass is 338 g/mol. The van der Waals surface area contributed by atoms with Crippen LogP contribution in [0, 0.1) is 0 Å². The van der Waals surface area contributed by atoms with Crippen molar-refractivity contribution in [1.82, 2.24) is 0 Å². The molecule has 1 atom stereocenters. The summed E-state index contributed by atoms with van der Waals surface area (Å²) >= 11 is 0. The Hall–Kier alpha value is -1.99. The van der Waals surface area contributed by atoms with Gasteiger partial charge in [0.15, 0.2) is 15.6 Å². The molecule has 0 spiro atoms. The molecule has 0 saturated carbocycles. The molecule has 22 heavy (non-hydrogen) atoms. The van der Waals surface area contributed by atoms with Crippen LogP contribution < -0.4 is 0 Å². The van der Waals surface area contributed by atoms with E-state index in [9.17, 15) is 21.6 Å². The van der Waals surface area contributed by atoms with Crippen molar-refractivity contribution < 1.29 is 21.6 Å². The van der Waals surface area contributed by atoms with Crippen molar-refractivity contribution in [3.8, 4) is 0 Å². The van der Waals surface area contributed by atoms with Gasteiger partial charge < -0.3 is 0 Å². The molecule has 0 aromatic heterocycles. The number of benzene rings is 2. The van der Waals surface area contributed by atoms with Crippen LogP contribution >= 0.6 is 0 Å². The second kappa shape index (κ2) is 6.02. The fourth-order valence-electron chi connectivity index (χ4n) is 2.04. The van der Waals surface area contributed by atoms with Crippen LogP contribution in [0.4, 0.5) is 0 Å². The van der Waals surface area contributed by atoms with Gasteiger partial charge in [0.25, 0.3) is 0 Å². The molecule has 0 radical (unpaired) electrons. The zero-order valence-electron chi connectivity index (χ0n) is 11.7. The van der Waals surface area contributed by atoms with E-state index >= 15 is 0 Å². The van der Waals surface area contributed by atoms with Crippen LogP contribution in [0.25, 0.3) is 0 Å². The number of ketones is 1. The van der Waals surface area contributed by atoms with Gasteiger partial charge in [-0.15, -0.1) is 0 Å². The predicted molar refractivity (Wildman–Crippen MR) is 83.0 cm³/mol. The molecule has 0 heterocycles. The van der Waals surface area contributed by atoms with E-state index in [0.717, 1.165) is 6.26 Å². The largest absolute Gasteiger partial charge is 0.292 e. The van der Waals surface area contributed by atoms with Crippen LogP contribution in [0.3, 0.4) is 0 Å². The Kier molecular flexibility index (Phi) is 4.48. The molecule has 2 aromatic rings. The third-order valence-corrected chi connectivity index (χ3v) is 7.52. The molecule has 1 unspecified atom stereocenters. The molecule has 0 N–H and O–H groups in total. The zero-order chi connectivity index (χ0) is 16.4. The molecule has 0 aliphatic rings. The van der Waals surface area contributed by atoms with Crippen LogP contribution in [0.2, 0.25) is 0 Å². The first-order valence-corrected chi connectivity index (χ1v) is 9.82. The second-order valence-electron chi connectivity index (χ2n) is 4.75. The fraction of sp³-hybridized carbons (Fsp3) is 0.133. The average molecular weight is 338 g/mol. The third-order valence-electron chi connectivity index (χ3n) is 3.01. The molecule has 7 heteroatoms. The molecule has 0 fully saturated rings. The van der Waals surface area contributed by atoms with Gasteiger partial charge in [0, 0.05) is 11.8 Å². The molecule has 2 aromatic carbocycles. The second-order valence-corrected chi connectivity index (χ2v) is 9.21. The highest BCUT2D eigenvalue weighted by Gasteiger charge is 2.42. The summed E-state index contributed by atoms with van der Waals surface area (Å²) in [5.74, 6) is -0.952. The predicted octanol–water partition coefficient (Wildman–Crippen LogP) is 1.71. The lowest BCUT2D eigenvalue weighted by Gasteiger charge is -2.15. The summed E-state index contributed by atoms with van der Waals surface area (Å²) in [6.07, 6.45) is 0.749. The molecule has 0 bridgehead atoms. The standard InChI is InChI=1S/C15H14O5S2/c1-21(17,18)15(14(16)12-8-4-2-5-9-12)22(19,20)13-10-6-3-7-11-13/h2-11,15H,1H3. The van der Waals surface area contributed by atoms with Crippen molar-refractivity contribution in [1.29, 1.82) is 0 Å². The highest BCUT2D eigenvalue weighted by Crippen LogP contribution is 2.23. The highest BCUT2D eigenvalue weighted by molar-refractivity contribution is 8.10. The Bertz CT molecular complexity index is 870. The molecule has 0 saturated heterocycles. The van der Waals surface area contributed by atoms with Gasteiger partial charge >= 0.3 is 0 Å². The van der Waals surface area contributed by atoms with Gasteiger partial charge in [-0.3, -0.25) is 4.79 Å². The normalized spacial score (nSPS) is 13.5.